The van der Waals surface area contributed by atoms with E-state index in [4.69, 9.17) is 10.00 Å². The van der Waals surface area contributed by atoms with Crippen molar-refractivity contribution in [3.8, 4) is 11.8 Å². The van der Waals surface area contributed by atoms with Crippen LogP contribution in [0.15, 0.2) is 18.2 Å². The van der Waals surface area contributed by atoms with Crippen molar-refractivity contribution in [1.29, 1.82) is 5.26 Å². The molecule has 1 atom stereocenters. The predicted molar refractivity (Wildman–Crippen MR) is 85.6 cm³/mol. The molecular formula is C18H24N2O2. The smallest absolute Gasteiger partial charge is 0.221 e. The highest BCUT2D eigenvalue weighted by molar-refractivity contribution is 5.78. The van der Waals surface area contributed by atoms with E-state index in [0.29, 0.717) is 12.3 Å². The first-order chi connectivity index (χ1) is 10.4. The number of nitrogens with one attached hydrogen (secondary N) is 1. The SMILES string of the molecule is COc1ccc(C(CC(=O)NC(C)(C)C#N)C2CC2)cc1C. The maximum atomic E-state index is 12.3. The van der Waals surface area contributed by atoms with Gasteiger partial charge in [0.25, 0.3) is 0 Å². The highest BCUT2D eigenvalue weighted by Crippen LogP contribution is 2.45. The van der Waals surface area contributed by atoms with Gasteiger partial charge in [0.15, 0.2) is 0 Å². The Balaban J connectivity index is 2.13. The van der Waals surface area contributed by atoms with Gasteiger partial charge in [-0.15, -0.1) is 0 Å². The van der Waals surface area contributed by atoms with Gasteiger partial charge in [-0.2, -0.15) is 5.26 Å². The molecule has 0 aliphatic heterocycles. The van der Waals surface area contributed by atoms with Gasteiger partial charge in [-0.3, -0.25) is 4.79 Å². The van der Waals surface area contributed by atoms with Crippen LogP contribution in [0.1, 0.15) is 50.2 Å². The summed E-state index contributed by atoms with van der Waals surface area (Å²) >= 11 is 0. The lowest BCUT2D eigenvalue weighted by atomic mass is 9.89. The molecule has 1 N–H and O–H groups in total. The highest BCUT2D eigenvalue weighted by Gasteiger charge is 2.34. The fraction of sp³-hybridized carbons (Fsp3) is 0.556. The zero-order valence-corrected chi connectivity index (χ0v) is 13.8. The van der Waals surface area contributed by atoms with Crippen LogP contribution in [0.25, 0.3) is 0 Å². The van der Waals surface area contributed by atoms with Crippen molar-refractivity contribution in [1.82, 2.24) is 5.32 Å². The van der Waals surface area contributed by atoms with Gasteiger partial charge in [-0.25, -0.2) is 0 Å². The van der Waals surface area contributed by atoms with Gasteiger partial charge in [0, 0.05) is 6.42 Å². The van der Waals surface area contributed by atoms with Crippen molar-refractivity contribution in [2.24, 2.45) is 5.92 Å². The number of hydrogen-bond acceptors (Lipinski definition) is 3. The molecule has 1 aliphatic carbocycles. The topological polar surface area (TPSA) is 62.1 Å². The summed E-state index contributed by atoms with van der Waals surface area (Å²) in [6.45, 7) is 5.45. The number of carbonyl (C=O) groups excluding carboxylic acids is 1. The number of ether oxygens (including phenoxy) is 1. The molecule has 0 heterocycles. The van der Waals surface area contributed by atoms with Crippen molar-refractivity contribution in [3.05, 3.63) is 29.3 Å². The maximum Gasteiger partial charge on any atom is 0.221 e. The first-order valence-corrected chi connectivity index (χ1v) is 7.73. The van der Waals surface area contributed by atoms with E-state index in [-0.39, 0.29) is 11.8 Å². The number of amides is 1. The number of benzene rings is 1. The molecule has 1 unspecified atom stereocenters. The lowest BCUT2D eigenvalue weighted by molar-refractivity contribution is -0.122. The molecule has 4 heteroatoms. The number of rotatable bonds is 6. The summed E-state index contributed by atoms with van der Waals surface area (Å²) in [6.07, 6.45) is 2.77. The lowest BCUT2D eigenvalue weighted by Gasteiger charge is -2.22. The van der Waals surface area contributed by atoms with E-state index in [1.165, 1.54) is 18.4 Å². The molecular weight excluding hydrogens is 276 g/mol. The summed E-state index contributed by atoms with van der Waals surface area (Å²) < 4.78 is 5.30. The van der Waals surface area contributed by atoms with Crippen LogP contribution in [0.4, 0.5) is 0 Å². The molecule has 118 valence electrons. The van der Waals surface area contributed by atoms with Crippen LogP contribution in [0.5, 0.6) is 5.75 Å². The van der Waals surface area contributed by atoms with Gasteiger partial charge in [-0.1, -0.05) is 12.1 Å². The Morgan fingerprint density at radius 2 is 2.18 bits per heavy atom. The van der Waals surface area contributed by atoms with Crippen molar-refractivity contribution in [2.45, 2.75) is 51.5 Å². The molecule has 2 rings (SSSR count). The molecule has 0 aromatic heterocycles. The zero-order valence-electron chi connectivity index (χ0n) is 13.8. The Morgan fingerprint density at radius 1 is 1.50 bits per heavy atom. The van der Waals surface area contributed by atoms with Crippen LogP contribution in [0.3, 0.4) is 0 Å². The Bertz CT molecular complexity index is 598. The Hall–Kier alpha value is -2.02. The van der Waals surface area contributed by atoms with Crippen molar-refractivity contribution >= 4 is 5.91 Å². The lowest BCUT2D eigenvalue weighted by Crippen LogP contribution is -2.42. The van der Waals surface area contributed by atoms with E-state index in [2.05, 4.69) is 23.5 Å². The van der Waals surface area contributed by atoms with E-state index in [9.17, 15) is 4.79 Å². The van der Waals surface area contributed by atoms with Crippen LogP contribution in [-0.4, -0.2) is 18.6 Å². The molecule has 1 aromatic carbocycles. The minimum atomic E-state index is -0.818. The fourth-order valence-corrected chi connectivity index (χ4v) is 2.81. The van der Waals surface area contributed by atoms with Crippen LogP contribution in [-0.2, 0) is 4.79 Å². The van der Waals surface area contributed by atoms with Gasteiger partial charge in [0.1, 0.15) is 11.3 Å². The van der Waals surface area contributed by atoms with Crippen molar-refractivity contribution < 1.29 is 9.53 Å². The third-order valence-corrected chi connectivity index (χ3v) is 4.17. The molecule has 0 radical (unpaired) electrons. The standard InChI is InChI=1S/C18H24N2O2/c1-12-9-14(7-8-16(12)22-4)15(13-5-6-13)10-17(21)20-18(2,3)11-19/h7-9,13,15H,5-6,10H2,1-4H3,(H,20,21). The summed E-state index contributed by atoms with van der Waals surface area (Å²) in [5.74, 6) is 1.60. The molecule has 0 bridgehead atoms. The Morgan fingerprint density at radius 3 is 2.68 bits per heavy atom. The fourth-order valence-electron chi connectivity index (χ4n) is 2.81. The van der Waals surface area contributed by atoms with Gasteiger partial charge in [0.05, 0.1) is 13.2 Å². The summed E-state index contributed by atoms with van der Waals surface area (Å²) in [5, 5.41) is 11.8. The zero-order chi connectivity index (χ0) is 16.3. The third-order valence-electron chi connectivity index (χ3n) is 4.17. The molecule has 1 amide bonds. The Kier molecular flexibility index (Phi) is 4.75. The molecule has 4 nitrogen and oxygen atoms in total. The summed E-state index contributed by atoms with van der Waals surface area (Å²) in [4.78, 5) is 12.3. The van der Waals surface area contributed by atoms with Gasteiger partial charge >= 0.3 is 0 Å². The van der Waals surface area contributed by atoms with E-state index < -0.39 is 5.54 Å². The number of hydrogen-bond donors (Lipinski definition) is 1. The number of aryl methyl sites for hydroxylation is 1. The number of nitrogens with zero attached hydrogens (tertiary/aromatic N) is 1. The number of carbonyl (C=O) groups is 1. The summed E-state index contributed by atoms with van der Waals surface area (Å²) in [5.41, 5.74) is 1.45. The van der Waals surface area contributed by atoms with Gasteiger partial charge in [-0.05, 0) is 62.6 Å². The van der Waals surface area contributed by atoms with Gasteiger partial charge < -0.3 is 10.1 Å². The average molecular weight is 300 g/mol. The summed E-state index contributed by atoms with van der Waals surface area (Å²) in [7, 11) is 1.66. The monoisotopic (exact) mass is 300 g/mol. The van der Waals surface area contributed by atoms with Crippen LogP contribution < -0.4 is 10.1 Å². The van der Waals surface area contributed by atoms with Gasteiger partial charge in [0.2, 0.25) is 5.91 Å². The average Bonchev–Trinajstić information content (AvgIpc) is 3.28. The molecule has 0 spiro atoms. The first kappa shape index (κ1) is 16.4. The van der Waals surface area contributed by atoms with Crippen LogP contribution >= 0.6 is 0 Å². The largest absolute Gasteiger partial charge is 0.496 e. The third kappa shape index (κ3) is 4.00. The second-order valence-electron chi connectivity index (χ2n) is 6.66. The van der Waals surface area contributed by atoms with E-state index in [0.717, 1.165) is 11.3 Å². The quantitative estimate of drug-likeness (QED) is 0.876. The molecule has 1 saturated carbocycles. The van der Waals surface area contributed by atoms with Crippen LogP contribution in [0, 0.1) is 24.2 Å². The minimum Gasteiger partial charge on any atom is -0.496 e. The number of nitriles is 1. The first-order valence-electron chi connectivity index (χ1n) is 7.73. The molecule has 1 aliphatic rings. The molecule has 22 heavy (non-hydrogen) atoms. The van der Waals surface area contributed by atoms with Crippen molar-refractivity contribution in [2.75, 3.05) is 7.11 Å². The number of methoxy groups -OCH3 is 1. The van der Waals surface area contributed by atoms with E-state index in [1.54, 1.807) is 21.0 Å². The van der Waals surface area contributed by atoms with Crippen molar-refractivity contribution in [3.63, 3.8) is 0 Å². The maximum absolute atomic E-state index is 12.3. The minimum absolute atomic E-state index is 0.0584. The molecule has 0 saturated heterocycles. The normalized spacial score (nSPS) is 15.8. The van der Waals surface area contributed by atoms with Crippen LogP contribution in [0.2, 0.25) is 0 Å². The second kappa shape index (κ2) is 6.39. The Labute approximate surface area is 132 Å². The van der Waals surface area contributed by atoms with E-state index in [1.807, 2.05) is 13.0 Å². The van der Waals surface area contributed by atoms with E-state index >= 15 is 0 Å². The summed E-state index contributed by atoms with van der Waals surface area (Å²) in [6, 6.07) is 8.24. The second-order valence-corrected chi connectivity index (χ2v) is 6.66. The predicted octanol–water partition coefficient (Wildman–Crippen LogP) is 3.31. The molecule has 1 fully saturated rings. The molecule has 1 aromatic rings. The highest BCUT2D eigenvalue weighted by atomic mass is 16.5.